The molecule has 0 aromatic heterocycles. The number of hydrogen-bond donors (Lipinski definition) is 1. The van der Waals surface area contributed by atoms with Crippen molar-refractivity contribution in [2.24, 2.45) is 0 Å². The molecule has 4 nitrogen and oxygen atoms in total. The molecule has 0 aliphatic rings. The van der Waals surface area contributed by atoms with Gasteiger partial charge in [0.15, 0.2) is 11.6 Å². The molecule has 0 unspecified atom stereocenters. The van der Waals surface area contributed by atoms with Crippen LogP contribution >= 0.6 is 0 Å². The van der Waals surface area contributed by atoms with E-state index in [9.17, 15) is 12.8 Å². The molecule has 0 amide bonds. The van der Waals surface area contributed by atoms with Gasteiger partial charge in [0.2, 0.25) is 10.0 Å². The van der Waals surface area contributed by atoms with Gasteiger partial charge in [-0.1, -0.05) is 36.4 Å². The predicted octanol–water partition coefficient (Wildman–Crippen LogP) is 2.45. The van der Waals surface area contributed by atoms with Gasteiger partial charge in [-0.2, -0.15) is 0 Å². The molecular weight excluding hydrogens is 293 g/mol. The summed E-state index contributed by atoms with van der Waals surface area (Å²) in [7, 11) is -2.09. The molecular formula is C15H16FNO3S. The highest BCUT2D eigenvalue weighted by molar-refractivity contribution is 7.88. The lowest BCUT2D eigenvalue weighted by atomic mass is 10.2. The highest BCUT2D eigenvalue weighted by atomic mass is 32.2. The van der Waals surface area contributed by atoms with E-state index in [2.05, 4.69) is 4.72 Å². The molecule has 0 spiro atoms. The Bertz CT molecular complexity index is 702. The zero-order chi connectivity index (χ0) is 15.3. The molecule has 0 radical (unpaired) electrons. The van der Waals surface area contributed by atoms with E-state index in [1.54, 1.807) is 30.3 Å². The van der Waals surface area contributed by atoms with Crippen molar-refractivity contribution >= 4 is 10.0 Å². The molecule has 0 aliphatic heterocycles. The maximum absolute atomic E-state index is 13.5. The van der Waals surface area contributed by atoms with Crippen LogP contribution < -0.4 is 9.46 Å². The lowest BCUT2D eigenvalue weighted by molar-refractivity contribution is 0.386. The van der Waals surface area contributed by atoms with Crippen LogP contribution in [0.3, 0.4) is 0 Å². The van der Waals surface area contributed by atoms with E-state index in [4.69, 9.17) is 4.74 Å². The summed E-state index contributed by atoms with van der Waals surface area (Å²) in [5, 5.41) is 0. The van der Waals surface area contributed by atoms with Gasteiger partial charge in [-0.3, -0.25) is 0 Å². The first-order chi connectivity index (χ1) is 10.00. The maximum Gasteiger partial charge on any atom is 0.216 e. The summed E-state index contributed by atoms with van der Waals surface area (Å²) in [6.45, 7) is 0.0378. The van der Waals surface area contributed by atoms with Crippen molar-refractivity contribution in [3.63, 3.8) is 0 Å². The lowest BCUT2D eigenvalue weighted by Gasteiger charge is -2.08. The van der Waals surface area contributed by atoms with Gasteiger partial charge < -0.3 is 4.74 Å². The van der Waals surface area contributed by atoms with Crippen LogP contribution in [0.15, 0.2) is 48.5 Å². The van der Waals surface area contributed by atoms with Crippen molar-refractivity contribution in [3.8, 4) is 5.75 Å². The lowest BCUT2D eigenvalue weighted by Crippen LogP contribution is -2.24. The molecule has 0 atom stereocenters. The molecule has 1 N–H and O–H groups in total. The fourth-order valence-electron chi connectivity index (χ4n) is 1.86. The molecule has 0 saturated carbocycles. The molecule has 0 bridgehead atoms. The Hall–Kier alpha value is -1.92. The molecule has 2 aromatic carbocycles. The Morgan fingerprint density at radius 2 is 1.81 bits per heavy atom. The number of halogens is 1. The van der Waals surface area contributed by atoms with E-state index in [1.165, 1.54) is 19.2 Å². The fraction of sp³-hybridized carbons (Fsp3) is 0.200. The Morgan fingerprint density at radius 3 is 2.43 bits per heavy atom. The summed E-state index contributed by atoms with van der Waals surface area (Å²) in [4.78, 5) is 0. The van der Waals surface area contributed by atoms with Crippen LogP contribution in [0.2, 0.25) is 0 Å². The molecule has 2 rings (SSSR count). The Kier molecular flexibility index (Phi) is 4.93. The number of benzene rings is 2. The summed E-state index contributed by atoms with van der Waals surface area (Å²) in [6, 6.07) is 13.2. The van der Waals surface area contributed by atoms with Crippen molar-refractivity contribution in [2.75, 3.05) is 7.11 Å². The molecule has 6 heteroatoms. The Morgan fingerprint density at radius 1 is 1.10 bits per heavy atom. The van der Waals surface area contributed by atoms with Crippen LogP contribution in [0.4, 0.5) is 4.39 Å². The Balaban J connectivity index is 2.00. The van der Waals surface area contributed by atoms with Gasteiger partial charge in [0.05, 0.1) is 12.9 Å². The van der Waals surface area contributed by atoms with Crippen molar-refractivity contribution < 1.29 is 17.5 Å². The minimum Gasteiger partial charge on any atom is -0.494 e. The third-order valence-corrected chi connectivity index (χ3v) is 4.21. The van der Waals surface area contributed by atoms with E-state index in [0.29, 0.717) is 11.1 Å². The average Bonchev–Trinajstić information content (AvgIpc) is 2.46. The van der Waals surface area contributed by atoms with E-state index < -0.39 is 15.8 Å². The topological polar surface area (TPSA) is 55.4 Å². The van der Waals surface area contributed by atoms with Gasteiger partial charge in [-0.15, -0.1) is 0 Å². The quantitative estimate of drug-likeness (QED) is 0.892. The standard InChI is InChI=1S/C15H16FNO3S/c1-20-15-8-7-13(9-14(15)16)10-17-21(18,19)11-12-5-3-2-4-6-12/h2-9,17H,10-11H2,1H3. The van der Waals surface area contributed by atoms with Gasteiger partial charge in [0, 0.05) is 6.54 Å². The molecule has 0 aliphatic carbocycles. The summed E-state index contributed by atoms with van der Waals surface area (Å²) in [5.74, 6) is -0.491. The maximum atomic E-state index is 13.5. The SMILES string of the molecule is COc1ccc(CNS(=O)(=O)Cc2ccccc2)cc1F. The largest absolute Gasteiger partial charge is 0.494 e. The van der Waals surface area contributed by atoms with Gasteiger partial charge in [0.25, 0.3) is 0 Å². The van der Waals surface area contributed by atoms with Gasteiger partial charge >= 0.3 is 0 Å². The van der Waals surface area contributed by atoms with Crippen LogP contribution in [0.1, 0.15) is 11.1 Å². The van der Waals surface area contributed by atoms with E-state index in [0.717, 1.165) is 0 Å². The van der Waals surface area contributed by atoms with E-state index in [1.807, 2.05) is 6.07 Å². The highest BCUT2D eigenvalue weighted by Crippen LogP contribution is 2.17. The van der Waals surface area contributed by atoms with Gasteiger partial charge in [0.1, 0.15) is 0 Å². The molecule has 112 valence electrons. The van der Waals surface area contributed by atoms with Crippen LogP contribution in [-0.4, -0.2) is 15.5 Å². The monoisotopic (exact) mass is 309 g/mol. The van der Waals surface area contributed by atoms with Crippen LogP contribution in [0.5, 0.6) is 5.75 Å². The van der Waals surface area contributed by atoms with Crippen molar-refractivity contribution in [1.29, 1.82) is 0 Å². The Labute approximate surface area is 123 Å². The van der Waals surface area contributed by atoms with Crippen LogP contribution in [0, 0.1) is 5.82 Å². The zero-order valence-electron chi connectivity index (χ0n) is 11.5. The molecule has 0 saturated heterocycles. The summed E-state index contributed by atoms with van der Waals surface area (Å²) in [5.41, 5.74) is 1.23. The number of hydrogen-bond acceptors (Lipinski definition) is 3. The van der Waals surface area contributed by atoms with Crippen molar-refractivity contribution in [2.45, 2.75) is 12.3 Å². The minimum atomic E-state index is -3.47. The number of rotatable bonds is 6. The van der Waals surface area contributed by atoms with E-state index >= 15 is 0 Å². The van der Waals surface area contributed by atoms with Crippen molar-refractivity contribution in [1.82, 2.24) is 4.72 Å². The van der Waals surface area contributed by atoms with E-state index in [-0.39, 0.29) is 18.0 Å². The summed E-state index contributed by atoms with van der Waals surface area (Å²) >= 11 is 0. The molecule has 2 aromatic rings. The molecule has 0 heterocycles. The van der Waals surface area contributed by atoms with Gasteiger partial charge in [-0.05, 0) is 23.3 Å². The predicted molar refractivity (Wildman–Crippen MR) is 78.9 cm³/mol. The highest BCUT2D eigenvalue weighted by Gasteiger charge is 2.12. The second kappa shape index (κ2) is 6.69. The second-order valence-corrected chi connectivity index (χ2v) is 6.34. The number of sulfonamides is 1. The number of methoxy groups -OCH3 is 1. The normalized spacial score (nSPS) is 11.3. The third-order valence-electron chi connectivity index (χ3n) is 2.91. The van der Waals surface area contributed by atoms with Crippen LogP contribution in [0.25, 0.3) is 0 Å². The zero-order valence-corrected chi connectivity index (χ0v) is 12.4. The first-order valence-corrected chi connectivity index (χ1v) is 7.99. The van der Waals surface area contributed by atoms with Gasteiger partial charge in [-0.25, -0.2) is 17.5 Å². The average molecular weight is 309 g/mol. The number of ether oxygens (including phenoxy) is 1. The molecule has 0 fully saturated rings. The fourth-order valence-corrected chi connectivity index (χ4v) is 2.98. The second-order valence-electron chi connectivity index (χ2n) is 4.53. The first-order valence-electron chi connectivity index (χ1n) is 6.34. The summed E-state index contributed by atoms with van der Waals surface area (Å²) < 4.78 is 44.7. The van der Waals surface area contributed by atoms with Crippen molar-refractivity contribution in [3.05, 3.63) is 65.5 Å². The molecule has 21 heavy (non-hydrogen) atoms. The third kappa shape index (κ3) is 4.54. The first kappa shape index (κ1) is 15.5. The number of nitrogens with one attached hydrogen (secondary N) is 1. The smallest absolute Gasteiger partial charge is 0.216 e. The summed E-state index contributed by atoms with van der Waals surface area (Å²) in [6.07, 6.45) is 0. The van der Waals surface area contributed by atoms with Crippen LogP contribution in [-0.2, 0) is 22.3 Å². The minimum absolute atomic E-state index is 0.0378.